The fourth-order valence-electron chi connectivity index (χ4n) is 3.84. The number of anilines is 1. The molecule has 1 aliphatic rings. The highest BCUT2D eigenvalue weighted by atomic mass is 16.5. The lowest BCUT2D eigenvalue weighted by atomic mass is 10.1. The maximum atomic E-state index is 12.7. The molecule has 2 aromatic rings. The molecule has 31 heavy (non-hydrogen) atoms. The number of likely N-dealkylation sites (tertiary alicyclic amines) is 1. The Hall–Kier alpha value is -3.13. The number of ether oxygens (including phenoxy) is 1. The van der Waals surface area contributed by atoms with E-state index in [1.807, 2.05) is 55.1 Å². The van der Waals surface area contributed by atoms with Gasteiger partial charge in [0.15, 0.2) is 0 Å². The van der Waals surface area contributed by atoms with Gasteiger partial charge in [0.1, 0.15) is 5.69 Å². The number of hydrogen-bond donors (Lipinski definition) is 1. The molecule has 0 aromatic carbocycles. The van der Waals surface area contributed by atoms with Crippen molar-refractivity contribution < 1.29 is 9.53 Å². The van der Waals surface area contributed by atoms with Gasteiger partial charge >= 0.3 is 0 Å². The van der Waals surface area contributed by atoms with Crippen molar-refractivity contribution >= 4 is 11.6 Å². The molecule has 1 amide bonds. The molecule has 1 N–H and O–H groups in total. The number of hydrogen-bond acceptors (Lipinski definition) is 6. The molecule has 0 spiro atoms. The number of likely N-dealkylation sites (N-methyl/N-ethyl adjacent to an activating group) is 2. The number of carbonyl (C=O) groups is 1. The third-order valence-corrected chi connectivity index (χ3v) is 5.46. The van der Waals surface area contributed by atoms with Crippen LogP contribution in [-0.4, -0.2) is 79.1 Å². The van der Waals surface area contributed by atoms with Gasteiger partial charge in [-0.1, -0.05) is 6.08 Å². The summed E-state index contributed by atoms with van der Waals surface area (Å²) in [6, 6.07) is 5.72. The molecule has 8 heteroatoms. The van der Waals surface area contributed by atoms with Gasteiger partial charge in [-0.15, -0.1) is 0 Å². The molecular formula is C23H31N5O3. The van der Waals surface area contributed by atoms with Gasteiger partial charge in [0.25, 0.3) is 5.56 Å². The van der Waals surface area contributed by atoms with Crippen LogP contribution in [0.25, 0.3) is 11.1 Å². The number of aromatic amines is 1. The minimum Gasteiger partial charge on any atom is -0.481 e. The summed E-state index contributed by atoms with van der Waals surface area (Å²) < 4.78 is 5.22. The van der Waals surface area contributed by atoms with Crippen molar-refractivity contribution in [2.24, 2.45) is 0 Å². The summed E-state index contributed by atoms with van der Waals surface area (Å²) in [5, 5.41) is 0. The molecule has 3 heterocycles. The topological polar surface area (TPSA) is 81.8 Å². The van der Waals surface area contributed by atoms with Gasteiger partial charge in [0, 0.05) is 62.3 Å². The molecular weight excluding hydrogens is 394 g/mol. The highest BCUT2D eigenvalue weighted by molar-refractivity contribution is 5.88. The van der Waals surface area contributed by atoms with Crippen LogP contribution in [0.4, 0.5) is 5.69 Å². The Kier molecular flexibility index (Phi) is 7.46. The van der Waals surface area contributed by atoms with Crippen molar-refractivity contribution in [1.82, 2.24) is 19.8 Å². The molecule has 0 aliphatic carbocycles. The average Bonchev–Trinajstić information content (AvgIpc) is 3.25. The Balaban J connectivity index is 1.79. The van der Waals surface area contributed by atoms with E-state index in [-0.39, 0.29) is 17.5 Å². The predicted octanol–water partition coefficient (Wildman–Crippen LogP) is 1.99. The number of H-pyrrole nitrogens is 1. The molecule has 8 nitrogen and oxygen atoms in total. The van der Waals surface area contributed by atoms with Gasteiger partial charge in [-0.25, -0.2) is 4.98 Å². The van der Waals surface area contributed by atoms with Crippen LogP contribution in [0.2, 0.25) is 0 Å². The zero-order valence-electron chi connectivity index (χ0n) is 18.7. The summed E-state index contributed by atoms with van der Waals surface area (Å²) in [4.78, 5) is 38.1. The van der Waals surface area contributed by atoms with Crippen LogP contribution in [0.3, 0.4) is 0 Å². The lowest BCUT2D eigenvalue weighted by molar-refractivity contribution is -0.125. The SMILES string of the molecule is CCN(c1cc(-c2ccnc(OC)c2)c[nH]c1=O)C1CCN(C(=O)/C=C/CN(C)C)C1. The zero-order chi connectivity index (χ0) is 22.4. The van der Waals surface area contributed by atoms with Crippen molar-refractivity contribution in [3.63, 3.8) is 0 Å². The number of rotatable bonds is 8. The van der Waals surface area contributed by atoms with Crippen molar-refractivity contribution in [1.29, 1.82) is 0 Å². The first-order valence-electron chi connectivity index (χ1n) is 10.5. The number of methoxy groups -OCH3 is 1. The second kappa shape index (κ2) is 10.3. The standard InChI is InChI=1S/C23H31N5O3/c1-5-28(19-9-12-27(16-19)22(29)7-6-11-26(2)3)20-13-18(15-25-23(20)30)17-8-10-24-21(14-17)31-4/h6-8,10,13-15,19H,5,9,11-12,16H2,1-4H3,(H,25,30)/b7-6+. The van der Waals surface area contributed by atoms with E-state index in [0.29, 0.717) is 31.2 Å². The Labute approximate surface area is 183 Å². The number of carbonyl (C=O) groups excluding carboxylic acids is 1. The van der Waals surface area contributed by atoms with E-state index in [9.17, 15) is 9.59 Å². The van der Waals surface area contributed by atoms with Gasteiger partial charge in [0.05, 0.1) is 7.11 Å². The van der Waals surface area contributed by atoms with Crippen LogP contribution in [-0.2, 0) is 4.79 Å². The largest absolute Gasteiger partial charge is 0.481 e. The molecule has 0 bridgehead atoms. The third-order valence-electron chi connectivity index (χ3n) is 5.46. The Bertz CT molecular complexity index is 985. The number of nitrogens with one attached hydrogen (secondary N) is 1. The second-order valence-electron chi connectivity index (χ2n) is 7.87. The van der Waals surface area contributed by atoms with E-state index in [2.05, 4.69) is 14.9 Å². The first-order chi connectivity index (χ1) is 14.9. The van der Waals surface area contributed by atoms with E-state index < -0.39 is 0 Å². The van der Waals surface area contributed by atoms with Crippen LogP contribution in [0.15, 0.2) is 47.5 Å². The maximum absolute atomic E-state index is 12.7. The van der Waals surface area contributed by atoms with Gasteiger partial charge < -0.3 is 24.4 Å². The molecule has 0 radical (unpaired) electrons. The van der Waals surface area contributed by atoms with E-state index >= 15 is 0 Å². The van der Waals surface area contributed by atoms with Gasteiger partial charge in [-0.05, 0) is 45.1 Å². The highest BCUT2D eigenvalue weighted by Gasteiger charge is 2.30. The number of aromatic nitrogens is 2. The number of amides is 1. The molecule has 1 unspecified atom stereocenters. The molecule has 0 saturated carbocycles. The first-order valence-corrected chi connectivity index (χ1v) is 10.5. The van der Waals surface area contributed by atoms with Gasteiger partial charge in [0.2, 0.25) is 11.8 Å². The van der Waals surface area contributed by atoms with Crippen LogP contribution in [0, 0.1) is 0 Å². The Morgan fingerprint density at radius 1 is 1.35 bits per heavy atom. The quantitative estimate of drug-likeness (QED) is 0.652. The number of pyridine rings is 2. The Morgan fingerprint density at radius 2 is 2.16 bits per heavy atom. The summed E-state index contributed by atoms with van der Waals surface area (Å²) in [7, 11) is 5.51. The molecule has 1 aliphatic heterocycles. The van der Waals surface area contributed by atoms with Crippen LogP contribution in [0.5, 0.6) is 5.88 Å². The molecule has 1 saturated heterocycles. The lowest BCUT2D eigenvalue weighted by Crippen LogP contribution is -2.41. The minimum absolute atomic E-state index is 0.0203. The number of nitrogens with zero attached hydrogens (tertiary/aromatic N) is 4. The van der Waals surface area contributed by atoms with E-state index in [0.717, 1.165) is 24.1 Å². The maximum Gasteiger partial charge on any atom is 0.271 e. The van der Waals surface area contributed by atoms with E-state index in [4.69, 9.17) is 4.74 Å². The van der Waals surface area contributed by atoms with Crippen LogP contribution < -0.4 is 15.2 Å². The van der Waals surface area contributed by atoms with Crippen molar-refractivity contribution in [3.8, 4) is 17.0 Å². The van der Waals surface area contributed by atoms with Crippen molar-refractivity contribution in [2.45, 2.75) is 19.4 Å². The van der Waals surface area contributed by atoms with Crippen molar-refractivity contribution in [3.05, 3.63) is 53.1 Å². The Morgan fingerprint density at radius 3 is 2.87 bits per heavy atom. The van der Waals surface area contributed by atoms with E-state index in [1.54, 1.807) is 25.6 Å². The van der Waals surface area contributed by atoms with Gasteiger partial charge in [-0.3, -0.25) is 9.59 Å². The predicted molar refractivity (Wildman–Crippen MR) is 123 cm³/mol. The van der Waals surface area contributed by atoms with Gasteiger partial charge in [-0.2, -0.15) is 0 Å². The first kappa shape index (κ1) is 22.6. The third kappa shape index (κ3) is 5.52. The van der Waals surface area contributed by atoms with Crippen molar-refractivity contribution in [2.75, 3.05) is 52.3 Å². The fourth-order valence-corrected chi connectivity index (χ4v) is 3.84. The second-order valence-corrected chi connectivity index (χ2v) is 7.87. The zero-order valence-corrected chi connectivity index (χ0v) is 18.7. The highest BCUT2D eigenvalue weighted by Crippen LogP contribution is 2.26. The molecule has 166 valence electrons. The smallest absolute Gasteiger partial charge is 0.271 e. The molecule has 2 aromatic heterocycles. The summed E-state index contributed by atoms with van der Waals surface area (Å²) in [6.07, 6.45) is 7.73. The summed E-state index contributed by atoms with van der Waals surface area (Å²) in [5.74, 6) is 0.539. The van der Waals surface area contributed by atoms with Crippen LogP contribution >= 0.6 is 0 Å². The average molecular weight is 426 g/mol. The fraction of sp³-hybridized carbons (Fsp3) is 0.435. The molecule has 3 rings (SSSR count). The normalized spacial score (nSPS) is 16.3. The lowest BCUT2D eigenvalue weighted by Gasteiger charge is -2.29. The molecule has 1 fully saturated rings. The monoisotopic (exact) mass is 425 g/mol. The van der Waals surface area contributed by atoms with E-state index in [1.165, 1.54) is 0 Å². The van der Waals surface area contributed by atoms with Crippen LogP contribution in [0.1, 0.15) is 13.3 Å². The molecule has 1 atom stereocenters. The summed E-state index contributed by atoms with van der Waals surface area (Å²) >= 11 is 0. The minimum atomic E-state index is -0.137. The summed E-state index contributed by atoms with van der Waals surface area (Å²) in [5.41, 5.74) is 2.27. The summed E-state index contributed by atoms with van der Waals surface area (Å²) in [6.45, 7) is 4.72.